The number of rotatable bonds is 4. The van der Waals surface area contributed by atoms with E-state index in [-0.39, 0.29) is 11.3 Å². The van der Waals surface area contributed by atoms with Crippen molar-refractivity contribution in [2.75, 3.05) is 23.7 Å². The molecule has 1 amide bonds. The van der Waals surface area contributed by atoms with E-state index in [0.717, 1.165) is 30.2 Å². The summed E-state index contributed by atoms with van der Waals surface area (Å²) in [5.74, 6) is 1.16. The topological polar surface area (TPSA) is 23.6 Å². The fraction of sp³-hybridized carbons (Fsp3) is 0.278. The first-order valence-corrected chi connectivity index (χ1v) is 8.66. The lowest BCUT2D eigenvalue weighted by Gasteiger charge is -2.29. The lowest BCUT2D eigenvalue weighted by molar-refractivity contribution is -0.119. The zero-order chi connectivity index (χ0) is 15.4. The van der Waals surface area contributed by atoms with Gasteiger partial charge in [-0.25, -0.2) is 0 Å². The first-order chi connectivity index (χ1) is 10.8. The quantitative estimate of drug-likeness (QED) is 0.859. The summed E-state index contributed by atoms with van der Waals surface area (Å²) in [6, 6.07) is 19.8. The summed E-state index contributed by atoms with van der Waals surface area (Å²) < 4.78 is 0. The summed E-state index contributed by atoms with van der Waals surface area (Å²) in [6.07, 6.45) is 0. The van der Waals surface area contributed by atoms with E-state index >= 15 is 0 Å². The van der Waals surface area contributed by atoms with Gasteiger partial charge in [-0.15, -0.1) is 11.8 Å². The molecule has 0 radical (unpaired) electrons. The van der Waals surface area contributed by atoms with E-state index in [2.05, 4.69) is 11.8 Å². The highest BCUT2D eigenvalue weighted by molar-refractivity contribution is 8.00. The zero-order valence-corrected chi connectivity index (χ0v) is 13.5. The average molecular weight is 312 g/mol. The molecule has 0 aliphatic carbocycles. The highest BCUT2D eigenvalue weighted by atomic mass is 32.2. The Kier molecular flexibility index (Phi) is 4.80. The van der Waals surface area contributed by atoms with Gasteiger partial charge in [-0.2, -0.15) is 0 Å². The summed E-state index contributed by atoms with van der Waals surface area (Å²) >= 11 is 1.74. The van der Waals surface area contributed by atoms with E-state index in [4.69, 9.17) is 0 Å². The number of thioether (sulfide) groups is 1. The molecule has 1 atom stereocenters. The molecular weight excluding hydrogens is 292 g/mol. The molecular formula is C18H20N2OS. The molecule has 22 heavy (non-hydrogen) atoms. The van der Waals surface area contributed by atoms with Gasteiger partial charge in [0.05, 0.1) is 0 Å². The molecule has 1 aliphatic heterocycles. The van der Waals surface area contributed by atoms with Crippen LogP contribution in [0.1, 0.15) is 6.92 Å². The minimum absolute atomic E-state index is 0.0922. The van der Waals surface area contributed by atoms with Gasteiger partial charge >= 0.3 is 0 Å². The number of carbonyl (C=O) groups excluding carboxylic acids is 1. The van der Waals surface area contributed by atoms with E-state index in [0.29, 0.717) is 0 Å². The molecule has 0 N–H and O–H groups in total. The Morgan fingerprint density at radius 1 is 1.09 bits per heavy atom. The molecule has 3 nitrogen and oxygen atoms in total. The van der Waals surface area contributed by atoms with Crippen LogP contribution in [0.15, 0.2) is 60.7 Å². The monoisotopic (exact) mass is 312 g/mol. The predicted molar refractivity (Wildman–Crippen MR) is 93.5 cm³/mol. The summed E-state index contributed by atoms with van der Waals surface area (Å²) in [4.78, 5) is 17.3. The minimum Gasteiger partial charge on any atom is -0.283 e. The second kappa shape index (κ2) is 6.99. The molecule has 2 aromatic rings. The van der Waals surface area contributed by atoms with Gasteiger partial charge in [-0.1, -0.05) is 43.3 Å². The lowest BCUT2D eigenvalue weighted by Crippen LogP contribution is -2.42. The summed E-state index contributed by atoms with van der Waals surface area (Å²) in [6.45, 7) is 4.00. The van der Waals surface area contributed by atoms with Crippen LogP contribution in [0.5, 0.6) is 0 Å². The van der Waals surface area contributed by atoms with E-state index < -0.39 is 0 Å². The number of hydrogen-bond acceptors (Lipinski definition) is 3. The molecule has 0 bridgehead atoms. The standard InChI is InChI=1S/C18H20N2OS/c1-2-19-13-14-22-18(19)17(21)20(15-9-5-3-6-10-15)16-11-7-4-8-12-16/h3-12,18H,2,13-14H2,1H3. The maximum Gasteiger partial charge on any atom is 0.259 e. The van der Waals surface area contributed by atoms with Crippen LogP contribution in [-0.4, -0.2) is 35.0 Å². The van der Waals surface area contributed by atoms with Gasteiger partial charge in [0, 0.05) is 23.7 Å². The van der Waals surface area contributed by atoms with Crippen molar-refractivity contribution in [1.29, 1.82) is 0 Å². The Balaban J connectivity index is 1.97. The Hall–Kier alpha value is -1.78. The van der Waals surface area contributed by atoms with Crippen molar-refractivity contribution in [3.05, 3.63) is 60.7 Å². The van der Waals surface area contributed by atoms with E-state index in [9.17, 15) is 4.79 Å². The van der Waals surface area contributed by atoms with Crippen LogP contribution in [0.3, 0.4) is 0 Å². The molecule has 2 aromatic carbocycles. The third kappa shape index (κ3) is 3.03. The van der Waals surface area contributed by atoms with Crippen molar-refractivity contribution in [2.45, 2.75) is 12.3 Å². The number of carbonyl (C=O) groups is 1. The zero-order valence-electron chi connectivity index (χ0n) is 12.7. The van der Waals surface area contributed by atoms with Crippen LogP contribution < -0.4 is 4.90 Å². The molecule has 1 heterocycles. The van der Waals surface area contributed by atoms with Crippen molar-refractivity contribution in [3.8, 4) is 0 Å². The summed E-state index contributed by atoms with van der Waals surface area (Å²) in [7, 11) is 0. The fourth-order valence-corrected chi connectivity index (χ4v) is 4.00. The smallest absolute Gasteiger partial charge is 0.259 e. The molecule has 0 saturated carbocycles. The molecule has 0 aromatic heterocycles. The largest absolute Gasteiger partial charge is 0.283 e. The SMILES string of the molecule is CCN1CCSC1C(=O)N(c1ccccc1)c1ccccc1. The first-order valence-electron chi connectivity index (χ1n) is 7.61. The molecule has 0 spiro atoms. The Labute approximate surface area is 135 Å². The molecule has 1 unspecified atom stereocenters. The summed E-state index contributed by atoms with van der Waals surface area (Å²) in [5, 5.41) is -0.0922. The third-order valence-electron chi connectivity index (χ3n) is 3.85. The van der Waals surface area contributed by atoms with Crippen molar-refractivity contribution in [2.24, 2.45) is 0 Å². The van der Waals surface area contributed by atoms with Crippen LogP contribution >= 0.6 is 11.8 Å². The number of likely N-dealkylation sites (N-methyl/N-ethyl adjacent to an activating group) is 1. The van der Waals surface area contributed by atoms with Gasteiger partial charge in [0.1, 0.15) is 5.37 Å². The molecule has 3 rings (SSSR count). The molecule has 1 saturated heterocycles. The Morgan fingerprint density at radius 3 is 2.14 bits per heavy atom. The normalized spacial score (nSPS) is 18.3. The number of benzene rings is 2. The van der Waals surface area contributed by atoms with E-state index in [1.807, 2.05) is 65.6 Å². The highest BCUT2D eigenvalue weighted by Crippen LogP contribution is 2.31. The maximum atomic E-state index is 13.2. The second-order valence-corrected chi connectivity index (χ2v) is 6.38. The number of para-hydroxylation sites is 2. The third-order valence-corrected chi connectivity index (χ3v) is 5.09. The van der Waals surface area contributed by atoms with Gasteiger partial charge in [-0.3, -0.25) is 14.6 Å². The minimum atomic E-state index is -0.0922. The van der Waals surface area contributed by atoms with Crippen molar-refractivity contribution < 1.29 is 4.79 Å². The fourth-order valence-electron chi connectivity index (χ4n) is 2.72. The van der Waals surface area contributed by atoms with Crippen LogP contribution in [0, 0.1) is 0 Å². The summed E-state index contributed by atoms with van der Waals surface area (Å²) in [5.41, 5.74) is 1.84. The molecule has 4 heteroatoms. The second-order valence-electron chi connectivity index (χ2n) is 5.20. The number of anilines is 2. The first kappa shape index (κ1) is 15.1. The van der Waals surface area contributed by atoms with Gasteiger partial charge in [-0.05, 0) is 30.8 Å². The van der Waals surface area contributed by atoms with Crippen LogP contribution in [0.2, 0.25) is 0 Å². The number of nitrogens with zero attached hydrogens (tertiary/aromatic N) is 2. The van der Waals surface area contributed by atoms with Crippen LogP contribution in [0.4, 0.5) is 11.4 Å². The lowest BCUT2D eigenvalue weighted by atomic mass is 10.2. The van der Waals surface area contributed by atoms with E-state index in [1.54, 1.807) is 11.8 Å². The van der Waals surface area contributed by atoms with Gasteiger partial charge < -0.3 is 0 Å². The highest BCUT2D eigenvalue weighted by Gasteiger charge is 2.34. The average Bonchev–Trinajstić information content (AvgIpc) is 3.06. The Morgan fingerprint density at radius 2 is 1.64 bits per heavy atom. The Bertz CT molecular complexity index is 578. The van der Waals surface area contributed by atoms with Gasteiger partial charge in [0.2, 0.25) is 0 Å². The maximum absolute atomic E-state index is 13.2. The van der Waals surface area contributed by atoms with Gasteiger partial charge in [0.25, 0.3) is 5.91 Å². The number of hydrogen-bond donors (Lipinski definition) is 0. The van der Waals surface area contributed by atoms with Crippen LogP contribution in [-0.2, 0) is 4.79 Å². The number of amides is 1. The van der Waals surface area contributed by atoms with Crippen molar-refractivity contribution in [3.63, 3.8) is 0 Å². The predicted octanol–water partition coefficient (Wildman–Crippen LogP) is 3.75. The molecule has 1 aliphatic rings. The van der Waals surface area contributed by atoms with Gasteiger partial charge in [0.15, 0.2) is 0 Å². The van der Waals surface area contributed by atoms with Crippen molar-refractivity contribution in [1.82, 2.24) is 4.90 Å². The van der Waals surface area contributed by atoms with E-state index in [1.165, 1.54) is 0 Å². The molecule has 114 valence electrons. The molecule has 1 fully saturated rings. The van der Waals surface area contributed by atoms with Crippen molar-refractivity contribution >= 4 is 29.0 Å². The van der Waals surface area contributed by atoms with Crippen LogP contribution in [0.25, 0.3) is 0 Å².